The quantitative estimate of drug-likeness (QED) is 0.602. The Balaban J connectivity index is 1.09. The predicted molar refractivity (Wildman–Crippen MR) is 136 cm³/mol. The molecule has 1 spiro atoms. The summed E-state index contributed by atoms with van der Waals surface area (Å²) < 4.78 is 0. The first-order valence-corrected chi connectivity index (χ1v) is 12.3. The highest BCUT2D eigenvalue weighted by atomic mass is 16.2. The van der Waals surface area contributed by atoms with E-state index >= 15 is 0 Å². The lowest BCUT2D eigenvalue weighted by Gasteiger charge is -2.28. The Morgan fingerprint density at radius 1 is 1.11 bits per heavy atom. The van der Waals surface area contributed by atoms with Crippen molar-refractivity contribution in [2.24, 2.45) is 0 Å². The van der Waals surface area contributed by atoms with Crippen LogP contribution in [0.2, 0.25) is 0 Å². The number of fused-ring (bicyclic) bond motifs is 3. The summed E-state index contributed by atoms with van der Waals surface area (Å²) in [6.07, 6.45) is 3.37. The summed E-state index contributed by atoms with van der Waals surface area (Å²) in [7, 11) is 1.81. The van der Waals surface area contributed by atoms with Crippen molar-refractivity contribution in [1.82, 2.24) is 4.98 Å². The van der Waals surface area contributed by atoms with E-state index in [0.29, 0.717) is 31.6 Å². The van der Waals surface area contributed by atoms with Crippen molar-refractivity contribution >= 4 is 40.6 Å². The molecule has 36 heavy (non-hydrogen) atoms. The minimum atomic E-state index is -0.628. The first-order chi connectivity index (χ1) is 17.4. The fourth-order valence-corrected chi connectivity index (χ4v) is 6.50. The minimum absolute atomic E-state index is 0.0129. The molecule has 1 aliphatic carbocycles. The number of pyridine rings is 1. The van der Waals surface area contributed by atoms with Gasteiger partial charge in [-0.25, -0.2) is 4.98 Å². The van der Waals surface area contributed by atoms with Crippen LogP contribution in [-0.2, 0) is 32.6 Å². The molecule has 0 saturated heterocycles. The van der Waals surface area contributed by atoms with E-state index in [-0.39, 0.29) is 30.2 Å². The van der Waals surface area contributed by atoms with E-state index in [9.17, 15) is 14.4 Å². The Kier molecular flexibility index (Phi) is 4.34. The van der Waals surface area contributed by atoms with E-state index in [1.807, 2.05) is 55.6 Å². The van der Waals surface area contributed by atoms with Gasteiger partial charge in [0.1, 0.15) is 5.82 Å². The van der Waals surface area contributed by atoms with Gasteiger partial charge in [0.05, 0.1) is 12.0 Å². The average molecular weight is 480 g/mol. The molecule has 180 valence electrons. The molecule has 0 saturated carbocycles. The number of benzene rings is 2. The monoisotopic (exact) mass is 479 g/mol. The second kappa shape index (κ2) is 7.40. The number of aromatic nitrogens is 1. The molecule has 1 aromatic heterocycles. The number of anilines is 4. The Morgan fingerprint density at radius 2 is 1.94 bits per heavy atom. The second-order valence-corrected chi connectivity index (χ2v) is 10.3. The lowest BCUT2D eigenvalue weighted by Crippen LogP contribution is -2.35. The molecule has 7 rings (SSSR count). The van der Waals surface area contributed by atoms with E-state index in [4.69, 9.17) is 0 Å². The summed E-state index contributed by atoms with van der Waals surface area (Å²) in [6.45, 7) is 0.877. The molecule has 8 heteroatoms. The summed E-state index contributed by atoms with van der Waals surface area (Å²) in [5.41, 5.74) is 6.38. The van der Waals surface area contributed by atoms with E-state index in [2.05, 4.69) is 20.5 Å². The van der Waals surface area contributed by atoms with Gasteiger partial charge in [-0.2, -0.15) is 0 Å². The summed E-state index contributed by atoms with van der Waals surface area (Å²) >= 11 is 0. The van der Waals surface area contributed by atoms with Crippen LogP contribution in [0.3, 0.4) is 0 Å². The van der Waals surface area contributed by atoms with Crippen LogP contribution >= 0.6 is 0 Å². The van der Waals surface area contributed by atoms with E-state index in [1.165, 1.54) is 5.56 Å². The lowest BCUT2D eigenvalue weighted by atomic mass is 9.79. The highest BCUT2D eigenvalue weighted by Gasteiger charge is 2.51. The SMILES string of the molecule is CN1C(=O)C[C@@H]2CN(CC(=O)Nc3ccc4c(c3)C[C@]3(C4)C(=O)Nc4ncccc43)c3cccc1c32. The van der Waals surface area contributed by atoms with Gasteiger partial charge in [0, 0.05) is 60.3 Å². The maximum absolute atomic E-state index is 13.1. The fraction of sp³-hybridized carbons (Fsp3) is 0.286. The fourth-order valence-electron chi connectivity index (χ4n) is 6.50. The molecule has 0 fully saturated rings. The van der Waals surface area contributed by atoms with Crippen molar-refractivity contribution < 1.29 is 14.4 Å². The molecule has 4 heterocycles. The summed E-state index contributed by atoms with van der Waals surface area (Å²) in [4.78, 5) is 46.5. The van der Waals surface area contributed by atoms with Gasteiger partial charge in [-0.05, 0) is 54.3 Å². The number of carbonyl (C=O) groups excluding carboxylic acids is 3. The number of amides is 3. The highest BCUT2D eigenvalue weighted by Crippen LogP contribution is 2.48. The highest BCUT2D eigenvalue weighted by molar-refractivity contribution is 6.06. The molecule has 2 aromatic carbocycles. The van der Waals surface area contributed by atoms with Crippen LogP contribution in [0.25, 0.3) is 0 Å². The third-order valence-electron chi connectivity index (χ3n) is 8.21. The molecule has 3 aromatic rings. The van der Waals surface area contributed by atoms with Crippen molar-refractivity contribution in [3.05, 3.63) is 77.0 Å². The van der Waals surface area contributed by atoms with Crippen LogP contribution in [0, 0.1) is 0 Å². The number of nitrogens with one attached hydrogen (secondary N) is 2. The molecule has 0 bridgehead atoms. The van der Waals surface area contributed by atoms with Gasteiger partial charge >= 0.3 is 0 Å². The normalized spacial score (nSPS) is 23.0. The van der Waals surface area contributed by atoms with Crippen molar-refractivity contribution in [2.45, 2.75) is 30.6 Å². The molecule has 2 atom stereocenters. The van der Waals surface area contributed by atoms with Gasteiger partial charge in [-0.1, -0.05) is 18.2 Å². The Hall–Kier alpha value is -4.20. The number of hydrogen-bond donors (Lipinski definition) is 2. The minimum Gasteiger partial charge on any atom is -0.361 e. The zero-order valence-corrected chi connectivity index (χ0v) is 19.9. The average Bonchev–Trinajstić information content (AvgIpc) is 3.50. The Bertz CT molecular complexity index is 1480. The van der Waals surface area contributed by atoms with E-state index < -0.39 is 5.41 Å². The van der Waals surface area contributed by atoms with Gasteiger partial charge in [0.15, 0.2) is 0 Å². The number of carbonyl (C=O) groups is 3. The molecule has 0 unspecified atom stereocenters. The molecule has 4 aliphatic rings. The maximum Gasteiger partial charge on any atom is 0.243 e. The van der Waals surface area contributed by atoms with Gasteiger partial charge in [0.2, 0.25) is 17.7 Å². The van der Waals surface area contributed by atoms with Crippen molar-refractivity contribution in [2.75, 3.05) is 40.6 Å². The van der Waals surface area contributed by atoms with Crippen molar-refractivity contribution in [3.63, 3.8) is 0 Å². The van der Waals surface area contributed by atoms with Gasteiger partial charge in [-0.15, -0.1) is 0 Å². The molecule has 0 radical (unpaired) electrons. The molecule has 3 amide bonds. The smallest absolute Gasteiger partial charge is 0.243 e. The van der Waals surface area contributed by atoms with Crippen LogP contribution < -0.4 is 20.4 Å². The topological polar surface area (TPSA) is 94.6 Å². The molecular formula is C28H25N5O3. The van der Waals surface area contributed by atoms with Gasteiger partial charge in [-0.3, -0.25) is 14.4 Å². The van der Waals surface area contributed by atoms with Crippen LogP contribution in [0.1, 0.15) is 34.6 Å². The maximum atomic E-state index is 13.1. The molecular weight excluding hydrogens is 454 g/mol. The zero-order valence-electron chi connectivity index (χ0n) is 19.9. The third-order valence-corrected chi connectivity index (χ3v) is 8.21. The third kappa shape index (κ3) is 2.93. The van der Waals surface area contributed by atoms with Crippen molar-refractivity contribution in [3.8, 4) is 0 Å². The first kappa shape index (κ1) is 21.1. The number of nitrogens with zero attached hydrogens (tertiary/aromatic N) is 3. The molecule has 2 N–H and O–H groups in total. The van der Waals surface area contributed by atoms with Crippen LogP contribution in [-0.4, -0.2) is 42.8 Å². The Morgan fingerprint density at radius 3 is 2.83 bits per heavy atom. The predicted octanol–water partition coefficient (Wildman–Crippen LogP) is 2.98. The van der Waals surface area contributed by atoms with Crippen LogP contribution in [0.15, 0.2) is 54.7 Å². The first-order valence-electron chi connectivity index (χ1n) is 12.3. The number of hydrogen-bond acceptors (Lipinski definition) is 5. The van der Waals surface area contributed by atoms with Crippen molar-refractivity contribution in [1.29, 1.82) is 0 Å². The molecule has 8 nitrogen and oxygen atoms in total. The lowest BCUT2D eigenvalue weighted by molar-refractivity contribution is -0.120. The summed E-state index contributed by atoms with van der Waals surface area (Å²) in [6, 6.07) is 15.7. The summed E-state index contributed by atoms with van der Waals surface area (Å²) in [5, 5.41) is 5.98. The van der Waals surface area contributed by atoms with Gasteiger partial charge < -0.3 is 20.4 Å². The number of rotatable bonds is 3. The largest absolute Gasteiger partial charge is 0.361 e. The second-order valence-electron chi connectivity index (χ2n) is 10.3. The zero-order chi connectivity index (χ0) is 24.6. The molecule has 3 aliphatic heterocycles. The van der Waals surface area contributed by atoms with E-state index in [1.54, 1.807) is 11.1 Å². The standard InChI is InChI=1S/C28H25N5O3/c1-32-21-5-2-6-22-25(21)18(11-24(32)35)14-33(22)15-23(34)30-19-8-7-16-12-28(13-17(16)10-19)20-4-3-9-29-26(20)31-27(28)36/h2-10,18H,11-15H2,1H3,(H,30,34)(H,29,31,36)/t18-,28+/m1/s1. The van der Waals surface area contributed by atoms with Crippen LogP contribution in [0.4, 0.5) is 22.9 Å². The van der Waals surface area contributed by atoms with Crippen LogP contribution in [0.5, 0.6) is 0 Å². The summed E-state index contributed by atoms with van der Waals surface area (Å²) in [5.74, 6) is 0.765. The van der Waals surface area contributed by atoms with E-state index in [0.717, 1.165) is 33.8 Å². The van der Waals surface area contributed by atoms with Gasteiger partial charge in [0.25, 0.3) is 0 Å². The Labute approximate surface area is 208 Å².